The number of aromatic nitrogens is 4. The minimum absolute atomic E-state index is 0.0966. The average Bonchev–Trinajstić information content (AvgIpc) is 3.24. The van der Waals surface area contributed by atoms with Gasteiger partial charge in [0.1, 0.15) is 0 Å². The van der Waals surface area contributed by atoms with Gasteiger partial charge in [0.25, 0.3) is 0 Å². The number of anilines is 1. The molecule has 0 saturated heterocycles. The summed E-state index contributed by atoms with van der Waals surface area (Å²) in [6, 6.07) is 5.85. The molecule has 3 rings (SSSR count). The molecular weight excluding hydrogens is 322 g/mol. The van der Waals surface area contributed by atoms with E-state index in [4.69, 9.17) is 11.6 Å². The number of rotatable bonds is 5. The zero-order valence-electron chi connectivity index (χ0n) is 12.3. The number of benzene rings is 1. The van der Waals surface area contributed by atoms with Crippen molar-refractivity contribution < 1.29 is 4.79 Å². The molecule has 22 heavy (non-hydrogen) atoms. The second kappa shape index (κ2) is 6.26. The highest BCUT2D eigenvalue weighted by Crippen LogP contribution is 2.37. The Morgan fingerprint density at radius 3 is 3.00 bits per heavy atom. The van der Waals surface area contributed by atoms with E-state index in [1.807, 2.05) is 26.0 Å². The summed E-state index contributed by atoms with van der Waals surface area (Å²) in [5, 5.41) is 15.6. The highest BCUT2D eigenvalue weighted by atomic mass is 35.5. The van der Waals surface area contributed by atoms with E-state index in [9.17, 15) is 4.79 Å². The summed E-state index contributed by atoms with van der Waals surface area (Å²) in [6.45, 7) is 3.72. The second-order valence-electron chi connectivity index (χ2n) is 5.30. The van der Waals surface area contributed by atoms with Crippen LogP contribution in [0.3, 0.4) is 0 Å². The number of hydrogen-bond donors (Lipinski definition) is 1. The Hall–Kier alpha value is -1.60. The van der Waals surface area contributed by atoms with E-state index in [0.717, 1.165) is 24.1 Å². The van der Waals surface area contributed by atoms with Crippen molar-refractivity contribution in [1.82, 2.24) is 20.2 Å². The minimum Gasteiger partial charge on any atom is -0.325 e. The Balaban J connectivity index is 1.66. The molecule has 6 nitrogen and oxygen atoms in total. The summed E-state index contributed by atoms with van der Waals surface area (Å²) in [5.41, 5.74) is 1.59. The van der Waals surface area contributed by atoms with E-state index in [1.54, 1.807) is 10.7 Å². The van der Waals surface area contributed by atoms with E-state index in [1.165, 1.54) is 11.8 Å². The van der Waals surface area contributed by atoms with Crippen molar-refractivity contribution in [2.75, 3.05) is 5.32 Å². The maximum atomic E-state index is 12.3. The quantitative estimate of drug-likeness (QED) is 0.849. The number of amides is 1. The van der Waals surface area contributed by atoms with Crippen LogP contribution < -0.4 is 5.32 Å². The molecule has 116 valence electrons. The third kappa shape index (κ3) is 3.25. The first-order valence-corrected chi connectivity index (χ1v) is 8.32. The summed E-state index contributed by atoms with van der Waals surface area (Å²) in [5.74, 6) is -0.0966. The molecule has 1 heterocycles. The topological polar surface area (TPSA) is 72.7 Å². The van der Waals surface area contributed by atoms with Crippen LogP contribution in [-0.4, -0.2) is 31.4 Å². The van der Waals surface area contributed by atoms with Crippen LogP contribution in [0.15, 0.2) is 23.4 Å². The van der Waals surface area contributed by atoms with E-state index in [-0.39, 0.29) is 11.2 Å². The van der Waals surface area contributed by atoms with Crippen LogP contribution in [0.1, 0.15) is 31.4 Å². The van der Waals surface area contributed by atoms with E-state index < -0.39 is 0 Å². The summed E-state index contributed by atoms with van der Waals surface area (Å²) in [4.78, 5) is 12.3. The fraction of sp³-hybridized carbons (Fsp3) is 0.429. The summed E-state index contributed by atoms with van der Waals surface area (Å²) in [7, 11) is 0. The molecule has 2 aromatic rings. The van der Waals surface area contributed by atoms with Gasteiger partial charge in [0.2, 0.25) is 11.1 Å². The van der Waals surface area contributed by atoms with Crippen molar-refractivity contribution in [2.45, 2.75) is 43.1 Å². The third-order valence-corrected chi connectivity index (χ3v) is 4.99. The SMILES string of the molecule is Cc1c(Cl)cccc1NC(=O)C(C)Sc1nnnn1C1CC1. The number of tetrazole rings is 1. The lowest BCUT2D eigenvalue weighted by molar-refractivity contribution is -0.115. The zero-order valence-corrected chi connectivity index (χ0v) is 13.9. The first-order chi connectivity index (χ1) is 10.6. The molecule has 0 radical (unpaired) electrons. The van der Waals surface area contributed by atoms with Gasteiger partial charge in [-0.1, -0.05) is 29.4 Å². The first kappa shape index (κ1) is 15.3. The monoisotopic (exact) mass is 337 g/mol. The largest absolute Gasteiger partial charge is 0.325 e. The van der Waals surface area contributed by atoms with Crippen molar-refractivity contribution >= 4 is 35.0 Å². The maximum absolute atomic E-state index is 12.3. The van der Waals surface area contributed by atoms with Crippen molar-refractivity contribution in [3.05, 3.63) is 28.8 Å². The Kier molecular flexibility index (Phi) is 4.35. The molecule has 1 saturated carbocycles. The van der Waals surface area contributed by atoms with Crippen molar-refractivity contribution in [3.63, 3.8) is 0 Å². The molecular formula is C14H16ClN5OS. The summed E-state index contributed by atoms with van der Waals surface area (Å²) >= 11 is 7.43. The number of carbonyl (C=O) groups excluding carboxylic acids is 1. The molecule has 1 atom stereocenters. The molecule has 0 spiro atoms. The Morgan fingerprint density at radius 1 is 1.50 bits per heavy atom. The maximum Gasteiger partial charge on any atom is 0.237 e. The molecule has 0 aliphatic heterocycles. The van der Waals surface area contributed by atoms with Crippen molar-refractivity contribution in [3.8, 4) is 0 Å². The molecule has 1 N–H and O–H groups in total. The standard InChI is InChI=1S/C14H16ClN5OS/c1-8-11(15)4-3-5-12(8)16-13(21)9(2)22-14-17-18-19-20(14)10-6-7-10/h3-5,9-10H,6-7H2,1-2H3,(H,16,21). The van der Waals surface area contributed by atoms with Gasteiger partial charge < -0.3 is 5.32 Å². The summed E-state index contributed by atoms with van der Waals surface area (Å²) in [6.07, 6.45) is 2.20. The Morgan fingerprint density at radius 2 is 2.27 bits per heavy atom. The van der Waals surface area contributed by atoms with Crippen LogP contribution in [-0.2, 0) is 4.79 Å². The molecule has 1 aromatic heterocycles. The summed E-state index contributed by atoms with van der Waals surface area (Å²) < 4.78 is 1.80. The van der Waals surface area contributed by atoms with Crippen molar-refractivity contribution in [2.24, 2.45) is 0 Å². The number of halogens is 1. The molecule has 1 unspecified atom stereocenters. The van der Waals surface area contributed by atoms with Gasteiger partial charge in [-0.2, -0.15) is 0 Å². The fourth-order valence-corrected chi connectivity index (χ4v) is 3.03. The van der Waals surface area contributed by atoms with Crippen LogP contribution in [0.4, 0.5) is 5.69 Å². The van der Waals surface area contributed by atoms with E-state index >= 15 is 0 Å². The second-order valence-corrected chi connectivity index (χ2v) is 7.01. The van der Waals surface area contributed by atoms with Crippen LogP contribution in [0, 0.1) is 6.92 Å². The van der Waals surface area contributed by atoms with E-state index in [2.05, 4.69) is 20.8 Å². The smallest absolute Gasteiger partial charge is 0.237 e. The van der Waals surface area contributed by atoms with Gasteiger partial charge in [-0.3, -0.25) is 4.79 Å². The van der Waals surface area contributed by atoms with Gasteiger partial charge in [0.15, 0.2) is 0 Å². The lowest BCUT2D eigenvalue weighted by Crippen LogP contribution is -2.23. The van der Waals surface area contributed by atoms with Gasteiger partial charge in [0, 0.05) is 10.7 Å². The lowest BCUT2D eigenvalue weighted by atomic mass is 10.2. The number of thioether (sulfide) groups is 1. The molecule has 0 bridgehead atoms. The molecule has 8 heteroatoms. The van der Waals surface area contributed by atoms with Crippen LogP contribution in [0.5, 0.6) is 0 Å². The van der Waals surface area contributed by atoms with Gasteiger partial charge in [-0.25, -0.2) is 4.68 Å². The molecule has 1 fully saturated rings. The van der Waals surface area contributed by atoms with Crippen molar-refractivity contribution in [1.29, 1.82) is 0 Å². The predicted octanol–water partition coefficient (Wildman–Crippen LogP) is 3.09. The third-order valence-electron chi connectivity index (χ3n) is 3.53. The van der Waals surface area contributed by atoms with Gasteiger partial charge in [-0.05, 0) is 54.8 Å². The number of carbonyl (C=O) groups is 1. The van der Waals surface area contributed by atoms with Crippen LogP contribution in [0.2, 0.25) is 5.02 Å². The Labute approximate surface area is 137 Å². The predicted molar refractivity (Wildman–Crippen MR) is 86.2 cm³/mol. The minimum atomic E-state index is -0.304. The Bertz CT molecular complexity index is 700. The zero-order chi connectivity index (χ0) is 15.7. The number of hydrogen-bond acceptors (Lipinski definition) is 5. The highest BCUT2D eigenvalue weighted by molar-refractivity contribution is 8.00. The number of nitrogens with zero attached hydrogens (tertiary/aromatic N) is 4. The van der Waals surface area contributed by atoms with Gasteiger partial charge in [0.05, 0.1) is 11.3 Å². The fourth-order valence-electron chi connectivity index (χ4n) is 2.00. The van der Waals surface area contributed by atoms with Gasteiger partial charge >= 0.3 is 0 Å². The van der Waals surface area contributed by atoms with E-state index in [0.29, 0.717) is 16.2 Å². The highest BCUT2D eigenvalue weighted by Gasteiger charge is 2.29. The van der Waals surface area contributed by atoms with Crippen LogP contribution in [0.25, 0.3) is 0 Å². The average molecular weight is 338 g/mol. The number of nitrogens with one attached hydrogen (secondary N) is 1. The van der Waals surface area contributed by atoms with Gasteiger partial charge in [-0.15, -0.1) is 5.10 Å². The molecule has 1 aromatic carbocycles. The lowest BCUT2D eigenvalue weighted by Gasteiger charge is -2.13. The molecule has 1 aliphatic rings. The molecule has 1 aliphatic carbocycles. The van der Waals surface area contributed by atoms with Crippen LogP contribution >= 0.6 is 23.4 Å². The first-order valence-electron chi connectivity index (χ1n) is 7.06. The molecule has 1 amide bonds. The normalized spacial score (nSPS) is 15.6.